The molecule has 0 atom stereocenters. The van der Waals surface area contributed by atoms with E-state index < -0.39 is 0 Å². The fourth-order valence-electron chi connectivity index (χ4n) is 2.01. The molecule has 3 rings (SSSR count). The number of benzene rings is 1. The lowest BCUT2D eigenvalue weighted by Crippen LogP contribution is -2.02. The second kappa shape index (κ2) is 5.09. The first kappa shape index (κ1) is 12.9. The molecule has 2 heterocycles. The highest BCUT2D eigenvalue weighted by molar-refractivity contribution is 6.31. The molecule has 102 valence electrons. The Morgan fingerprint density at radius 1 is 1.15 bits per heavy atom. The van der Waals surface area contributed by atoms with Crippen LogP contribution in [0, 0.1) is 13.8 Å². The molecule has 0 saturated carbocycles. The van der Waals surface area contributed by atoms with Crippen molar-refractivity contribution in [2.24, 2.45) is 0 Å². The van der Waals surface area contributed by atoms with E-state index in [1.54, 1.807) is 4.52 Å². The number of rotatable bonds is 3. The molecule has 20 heavy (non-hydrogen) atoms. The van der Waals surface area contributed by atoms with Crippen molar-refractivity contribution in [1.82, 2.24) is 19.6 Å². The Kier molecular flexibility index (Phi) is 3.28. The van der Waals surface area contributed by atoms with E-state index in [-0.39, 0.29) is 0 Å². The van der Waals surface area contributed by atoms with Gasteiger partial charge in [0.05, 0.1) is 16.4 Å². The lowest BCUT2D eigenvalue weighted by atomic mass is 10.2. The van der Waals surface area contributed by atoms with Gasteiger partial charge in [-0.3, -0.25) is 0 Å². The number of nitrogens with zero attached hydrogens (tertiary/aromatic N) is 4. The van der Waals surface area contributed by atoms with Gasteiger partial charge in [-0.2, -0.15) is 9.50 Å². The van der Waals surface area contributed by atoms with Crippen molar-refractivity contribution in [2.45, 2.75) is 20.4 Å². The molecular weight excluding hydrogens is 274 g/mol. The molecule has 0 aliphatic rings. The lowest BCUT2D eigenvalue weighted by molar-refractivity contribution is 0.883. The van der Waals surface area contributed by atoms with Gasteiger partial charge in [-0.05, 0) is 19.4 Å². The monoisotopic (exact) mass is 287 g/mol. The van der Waals surface area contributed by atoms with E-state index >= 15 is 0 Å². The van der Waals surface area contributed by atoms with E-state index in [1.165, 1.54) is 5.56 Å². The maximum absolute atomic E-state index is 6.17. The van der Waals surface area contributed by atoms with Gasteiger partial charge < -0.3 is 5.32 Å². The van der Waals surface area contributed by atoms with E-state index in [2.05, 4.69) is 20.4 Å². The summed E-state index contributed by atoms with van der Waals surface area (Å²) in [6, 6.07) is 10.1. The summed E-state index contributed by atoms with van der Waals surface area (Å²) in [5.74, 6) is 1.10. The van der Waals surface area contributed by atoms with Crippen LogP contribution >= 0.6 is 11.6 Å². The molecule has 1 aromatic carbocycles. The standard InChI is InChI=1S/C14H14ClN5/c1-9-12(15)10(2)20-14(17-9)18-13(19-20)16-8-11-6-4-3-5-7-11/h3-7H,8H2,1-2H3,(H,16,19). The molecule has 1 N–H and O–H groups in total. The topological polar surface area (TPSA) is 55.1 Å². The summed E-state index contributed by atoms with van der Waals surface area (Å²) in [4.78, 5) is 8.69. The zero-order valence-electron chi connectivity index (χ0n) is 11.3. The minimum absolute atomic E-state index is 0.547. The molecule has 6 heteroatoms. The lowest BCUT2D eigenvalue weighted by Gasteiger charge is -2.02. The highest BCUT2D eigenvalue weighted by atomic mass is 35.5. The number of halogens is 1. The molecule has 5 nitrogen and oxygen atoms in total. The fourth-order valence-corrected chi connectivity index (χ4v) is 2.13. The number of aryl methyl sites for hydroxylation is 2. The Labute approximate surface area is 121 Å². The van der Waals surface area contributed by atoms with Crippen LogP contribution in [0.1, 0.15) is 17.0 Å². The summed E-state index contributed by atoms with van der Waals surface area (Å²) < 4.78 is 1.66. The quantitative estimate of drug-likeness (QED) is 0.804. The van der Waals surface area contributed by atoms with Gasteiger partial charge in [-0.15, -0.1) is 5.10 Å². The van der Waals surface area contributed by atoms with E-state index in [0.29, 0.717) is 23.3 Å². The molecule has 0 aliphatic carbocycles. The van der Waals surface area contributed by atoms with Gasteiger partial charge in [0.25, 0.3) is 5.78 Å². The van der Waals surface area contributed by atoms with Crippen LogP contribution in [0.15, 0.2) is 30.3 Å². The molecule has 3 aromatic rings. The Hall–Kier alpha value is -2.14. The van der Waals surface area contributed by atoms with Crippen molar-refractivity contribution in [3.63, 3.8) is 0 Å². The third-order valence-corrected chi connectivity index (χ3v) is 3.65. The van der Waals surface area contributed by atoms with Crippen LogP contribution in [0.25, 0.3) is 5.78 Å². The zero-order valence-corrected chi connectivity index (χ0v) is 12.0. The summed E-state index contributed by atoms with van der Waals surface area (Å²) in [6.45, 7) is 4.43. The number of nitrogens with one attached hydrogen (secondary N) is 1. The molecule has 0 radical (unpaired) electrons. The normalized spacial score (nSPS) is 10.9. The Bertz CT molecular complexity index is 751. The SMILES string of the molecule is Cc1nc2nc(NCc3ccccc3)nn2c(C)c1Cl. The maximum Gasteiger partial charge on any atom is 0.254 e. The third-order valence-electron chi connectivity index (χ3n) is 3.10. The van der Waals surface area contributed by atoms with Gasteiger partial charge in [0.1, 0.15) is 0 Å². The van der Waals surface area contributed by atoms with Crippen LogP contribution in [0.3, 0.4) is 0 Å². The van der Waals surface area contributed by atoms with Crippen molar-refractivity contribution in [2.75, 3.05) is 5.32 Å². The highest BCUT2D eigenvalue weighted by Crippen LogP contribution is 2.19. The molecule has 0 aliphatic heterocycles. The molecule has 0 spiro atoms. The molecule has 0 saturated heterocycles. The van der Waals surface area contributed by atoms with E-state index in [1.807, 2.05) is 44.2 Å². The number of anilines is 1. The summed E-state index contributed by atoms with van der Waals surface area (Å²) in [6.07, 6.45) is 0. The van der Waals surface area contributed by atoms with Gasteiger partial charge >= 0.3 is 0 Å². The molecule has 2 aromatic heterocycles. The minimum atomic E-state index is 0.547. The van der Waals surface area contributed by atoms with Gasteiger partial charge in [0.15, 0.2) is 0 Å². The van der Waals surface area contributed by atoms with Crippen LogP contribution in [0.4, 0.5) is 5.95 Å². The van der Waals surface area contributed by atoms with E-state index in [4.69, 9.17) is 11.6 Å². The Morgan fingerprint density at radius 2 is 1.90 bits per heavy atom. The van der Waals surface area contributed by atoms with Gasteiger partial charge in [0, 0.05) is 6.54 Å². The average Bonchev–Trinajstić information content (AvgIpc) is 2.87. The zero-order chi connectivity index (χ0) is 14.1. The fraction of sp³-hybridized carbons (Fsp3) is 0.214. The first-order chi connectivity index (χ1) is 9.65. The van der Waals surface area contributed by atoms with Gasteiger partial charge in [-0.25, -0.2) is 4.98 Å². The van der Waals surface area contributed by atoms with Crippen molar-refractivity contribution in [3.8, 4) is 0 Å². The molecule has 0 bridgehead atoms. The molecule has 0 amide bonds. The minimum Gasteiger partial charge on any atom is -0.349 e. The van der Waals surface area contributed by atoms with Crippen molar-refractivity contribution < 1.29 is 0 Å². The predicted molar refractivity (Wildman–Crippen MR) is 79.0 cm³/mol. The van der Waals surface area contributed by atoms with Gasteiger partial charge in [0.2, 0.25) is 5.95 Å². The molecule has 0 unspecified atom stereocenters. The van der Waals surface area contributed by atoms with Crippen molar-refractivity contribution >= 4 is 23.3 Å². The summed E-state index contributed by atoms with van der Waals surface area (Å²) >= 11 is 6.17. The van der Waals surface area contributed by atoms with Crippen LogP contribution in [-0.4, -0.2) is 19.6 Å². The first-order valence-corrected chi connectivity index (χ1v) is 6.70. The van der Waals surface area contributed by atoms with Crippen LogP contribution in [0.2, 0.25) is 5.02 Å². The second-order valence-corrected chi connectivity index (χ2v) is 4.96. The maximum atomic E-state index is 6.17. The first-order valence-electron chi connectivity index (χ1n) is 6.32. The van der Waals surface area contributed by atoms with E-state index in [9.17, 15) is 0 Å². The number of aromatic nitrogens is 4. The molecule has 0 fully saturated rings. The highest BCUT2D eigenvalue weighted by Gasteiger charge is 2.11. The van der Waals surface area contributed by atoms with Crippen LogP contribution < -0.4 is 5.32 Å². The van der Waals surface area contributed by atoms with Crippen molar-refractivity contribution in [3.05, 3.63) is 52.3 Å². The summed E-state index contributed by atoms with van der Waals surface area (Å²) in [5.41, 5.74) is 2.78. The Morgan fingerprint density at radius 3 is 2.65 bits per heavy atom. The Balaban J connectivity index is 1.88. The van der Waals surface area contributed by atoms with Gasteiger partial charge in [-0.1, -0.05) is 41.9 Å². The molecular formula is C14H14ClN5. The third kappa shape index (κ3) is 2.32. The largest absolute Gasteiger partial charge is 0.349 e. The smallest absolute Gasteiger partial charge is 0.254 e. The number of hydrogen-bond acceptors (Lipinski definition) is 4. The van der Waals surface area contributed by atoms with Crippen molar-refractivity contribution in [1.29, 1.82) is 0 Å². The van der Waals surface area contributed by atoms with Crippen LogP contribution in [-0.2, 0) is 6.54 Å². The predicted octanol–water partition coefficient (Wildman–Crippen LogP) is 3.01. The number of hydrogen-bond donors (Lipinski definition) is 1. The second-order valence-electron chi connectivity index (χ2n) is 4.58. The summed E-state index contributed by atoms with van der Waals surface area (Å²) in [5, 5.41) is 8.19. The van der Waals surface area contributed by atoms with E-state index in [0.717, 1.165) is 11.4 Å². The average molecular weight is 288 g/mol. The number of fused-ring (bicyclic) bond motifs is 1. The van der Waals surface area contributed by atoms with Crippen LogP contribution in [0.5, 0.6) is 0 Å². The summed E-state index contributed by atoms with van der Waals surface area (Å²) in [7, 11) is 0.